The first-order chi connectivity index (χ1) is 8.43. The second-order valence-corrected chi connectivity index (χ2v) is 3.79. The average Bonchev–Trinajstić information content (AvgIpc) is 2.33. The lowest BCUT2D eigenvalue weighted by atomic mass is 10.2. The van der Waals surface area contributed by atoms with Gasteiger partial charge in [-0.05, 0) is 12.1 Å². The maximum Gasteiger partial charge on any atom is 0.417 e. The van der Waals surface area contributed by atoms with E-state index < -0.39 is 11.7 Å². The number of hydrazine groups is 1. The van der Waals surface area contributed by atoms with Gasteiger partial charge in [-0.25, -0.2) is 10.4 Å². The second kappa shape index (κ2) is 6.67. The third-order valence-electron chi connectivity index (χ3n) is 2.31. The summed E-state index contributed by atoms with van der Waals surface area (Å²) in [4.78, 5) is 3.76. The number of pyridine rings is 1. The van der Waals surface area contributed by atoms with Gasteiger partial charge < -0.3 is 4.74 Å². The Labute approximate surface area is 104 Å². The van der Waals surface area contributed by atoms with Crippen molar-refractivity contribution < 1.29 is 17.9 Å². The summed E-state index contributed by atoms with van der Waals surface area (Å²) >= 11 is 0. The van der Waals surface area contributed by atoms with E-state index in [1.54, 1.807) is 12.1 Å². The Morgan fingerprint density at radius 1 is 1.39 bits per heavy atom. The molecule has 4 nitrogen and oxygen atoms in total. The van der Waals surface area contributed by atoms with Gasteiger partial charge in [-0.2, -0.15) is 13.2 Å². The molecule has 1 N–H and O–H groups in total. The number of methoxy groups -OCH3 is 1. The van der Waals surface area contributed by atoms with Crippen molar-refractivity contribution in [2.75, 3.05) is 27.3 Å². The Kier molecular flexibility index (Phi) is 5.52. The van der Waals surface area contributed by atoms with Gasteiger partial charge in [0.05, 0.1) is 24.4 Å². The molecule has 0 amide bonds. The van der Waals surface area contributed by atoms with Crippen molar-refractivity contribution in [3.8, 4) is 0 Å². The van der Waals surface area contributed by atoms with Crippen LogP contribution in [0.25, 0.3) is 0 Å². The highest BCUT2D eigenvalue weighted by Crippen LogP contribution is 2.28. The van der Waals surface area contributed by atoms with Crippen molar-refractivity contribution in [2.45, 2.75) is 12.7 Å². The molecule has 0 spiro atoms. The zero-order valence-corrected chi connectivity index (χ0v) is 10.3. The van der Waals surface area contributed by atoms with Crippen LogP contribution in [0.5, 0.6) is 0 Å². The lowest BCUT2D eigenvalue weighted by molar-refractivity contribution is -0.137. The first-order valence-electron chi connectivity index (χ1n) is 5.39. The fourth-order valence-electron chi connectivity index (χ4n) is 1.22. The van der Waals surface area contributed by atoms with E-state index >= 15 is 0 Å². The highest BCUT2D eigenvalue weighted by molar-refractivity contribution is 5.16. The number of likely N-dealkylation sites (N-methyl/N-ethyl adjacent to an activating group) is 1. The standard InChI is InChI=1S/C11H16F3N3O/c1-17(5-6-18-2)16-8-10-4-3-9(7-15-10)11(12,13)14/h3-4,7,16H,5-6,8H2,1-2H3. The van der Waals surface area contributed by atoms with Gasteiger partial charge in [0.1, 0.15) is 0 Å². The van der Waals surface area contributed by atoms with Gasteiger partial charge in [-0.3, -0.25) is 4.98 Å². The molecule has 0 aliphatic carbocycles. The number of hydrogen-bond acceptors (Lipinski definition) is 4. The van der Waals surface area contributed by atoms with Gasteiger partial charge >= 0.3 is 6.18 Å². The van der Waals surface area contributed by atoms with E-state index in [4.69, 9.17) is 4.74 Å². The van der Waals surface area contributed by atoms with Crippen molar-refractivity contribution in [1.82, 2.24) is 15.4 Å². The van der Waals surface area contributed by atoms with Crippen LogP contribution in [0.4, 0.5) is 13.2 Å². The minimum absolute atomic E-state index is 0.373. The number of halogens is 3. The van der Waals surface area contributed by atoms with E-state index in [0.717, 1.165) is 12.3 Å². The van der Waals surface area contributed by atoms with Gasteiger partial charge in [-0.15, -0.1) is 0 Å². The average molecular weight is 263 g/mol. The maximum atomic E-state index is 12.3. The van der Waals surface area contributed by atoms with E-state index in [9.17, 15) is 13.2 Å². The molecule has 1 aromatic rings. The van der Waals surface area contributed by atoms with Crippen LogP contribution >= 0.6 is 0 Å². The van der Waals surface area contributed by atoms with Gasteiger partial charge in [-0.1, -0.05) is 0 Å². The highest BCUT2D eigenvalue weighted by atomic mass is 19.4. The molecular formula is C11H16F3N3O. The minimum atomic E-state index is -4.34. The topological polar surface area (TPSA) is 37.4 Å². The summed E-state index contributed by atoms with van der Waals surface area (Å²) < 4.78 is 41.8. The van der Waals surface area contributed by atoms with Gasteiger partial charge in [0.2, 0.25) is 0 Å². The summed E-state index contributed by atoms with van der Waals surface area (Å²) in [5.74, 6) is 0. The Bertz CT molecular complexity index is 354. The van der Waals surface area contributed by atoms with Crippen LogP contribution in [0.15, 0.2) is 18.3 Å². The Morgan fingerprint density at radius 3 is 2.61 bits per heavy atom. The third kappa shape index (κ3) is 4.99. The number of alkyl halides is 3. The quantitative estimate of drug-likeness (QED) is 0.792. The summed E-state index contributed by atoms with van der Waals surface area (Å²) in [6, 6.07) is 2.39. The van der Waals surface area contributed by atoms with Crippen molar-refractivity contribution in [1.29, 1.82) is 0 Å². The van der Waals surface area contributed by atoms with Crippen molar-refractivity contribution in [2.24, 2.45) is 0 Å². The fourth-order valence-corrected chi connectivity index (χ4v) is 1.22. The lowest BCUT2D eigenvalue weighted by Crippen LogP contribution is -2.36. The Hall–Kier alpha value is -1.18. The van der Waals surface area contributed by atoms with Crippen LogP contribution in [0.2, 0.25) is 0 Å². The van der Waals surface area contributed by atoms with E-state index in [0.29, 0.717) is 25.4 Å². The Balaban J connectivity index is 2.44. The molecule has 102 valence electrons. The zero-order valence-electron chi connectivity index (χ0n) is 10.3. The molecule has 1 rings (SSSR count). The normalized spacial score (nSPS) is 12.1. The van der Waals surface area contributed by atoms with Crippen LogP contribution in [-0.4, -0.2) is 37.3 Å². The molecule has 0 aliphatic rings. The molecule has 0 aromatic carbocycles. The van der Waals surface area contributed by atoms with Gasteiger partial charge in [0.25, 0.3) is 0 Å². The predicted octanol–water partition coefficient (Wildman–Crippen LogP) is 1.68. The molecule has 0 fully saturated rings. The number of rotatable bonds is 6. The summed E-state index contributed by atoms with van der Waals surface area (Å²) in [5, 5.41) is 1.79. The van der Waals surface area contributed by atoms with Gasteiger partial charge in [0, 0.05) is 26.9 Å². The molecule has 0 radical (unpaired) electrons. The molecule has 18 heavy (non-hydrogen) atoms. The summed E-state index contributed by atoms with van der Waals surface area (Å²) in [5.41, 5.74) is 2.81. The molecule has 0 saturated carbocycles. The molecule has 0 bridgehead atoms. The van der Waals surface area contributed by atoms with Crippen LogP contribution in [0.3, 0.4) is 0 Å². The molecule has 0 unspecified atom stereocenters. The minimum Gasteiger partial charge on any atom is -0.383 e. The number of nitrogens with one attached hydrogen (secondary N) is 1. The summed E-state index contributed by atoms with van der Waals surface area (Å²) in [6.07, 6.45) is -3.50. The zero-order chi connectivity index (χ0) is 13.6. The summed E-state index contributed by atoms with van der Waals surface area (Å²) in [7, 11) is 3.42. The molecule has 0 atom stereocenters. The number of aromatic nitrogens is 1. The molecule has 0 saturated heterocycles. The van der Waals surface area contributed by atoms with Crippen LogP contribution < -0.4 is 5.43 Å². The monoisotopic (exact) mass is 263 g/mol. The summed E-state index contributed by atoms with van der Waals surface area (Å²) in [6.45, 7) is 1.62. The maximum absolute atomic E-state index is 12.3. The van der Waals surface area contributed by atoms with Gasteiger partial charge in [0.15, 0.2) is 0 Å². The van der Waals surface area contributed by atoms with E-state index in [1.165, 1.54) is 6.07 Å². The fraction of sp³-hybridized carbons (Fsp3) is 0.545. The SMILES string of the molecule is COCCN(C)NCc1ccc(C(F)(F)F)cn1. The molecule has 1 heterocycles. The number of ether oxygens (including phenoxy) is 1. The van der Waals surface area contributed by atoms with Crippen LogP contribution in [-0.2, 0) is 17.5 Å². The number of hydrogen-bond donors (Lipinski definition) is 1. The molecule has 7 heteroatoms. The molecule has 0 aliphatic heterocycles. The predicted molar refractivity (Wildman–Crippen MR) is 60.6 cm³/mol. The second-order valence-electron chi connectivity index (χ2n) is 3.79. The largest absolute Gasteiger partial charge is 0.417 e. The van der Waals surface area contributed by atoms with E-state index in [-0.39, 0.29) is 0 Å². The molecular weight excluding hydrogens is 247 g/mol. The smallest absolute Gasteiger partial charge is 0.383 e. The lowest BCUT2D eigenvalue weighted by Gasteiger charge is -2.17. The van der Waals surface area contributed by atoms with E-state index in [1.807, 2.05) is 7.05 Å². The van der Waals surface area contributed by atoms with Crippen molar-refractivity contribution in [3.05, 3.63) is 29.6 Å². The third-order valence-corrected chi connectivity index (χ3v) is 2.31. The molecule has 1 aromatic heterocycles. The number of nitrogens with zero attached hydrogens (tertiary/aromatic N) is 2. The van der Waals surface area contributed by atoms with Crippen LogP contribution in [0.1, 0.15) is 11.3 Å². The Morgan fingerprint density at radius 2 is 2.11 bits per heavy atom. The first-order valence-corrected chi connectivity index (χ1v) is 5.39. The van der Waals surface area contributed by atoms with Crippen LogP contribution in [0, 0.1) is 0 Å². The first kappa shape index (κ1) is 14.9. The van der Waals surface area contributed by atoms with Crippen molar-refractivity contribution in [3.63, 3.8) is 0 Å². The van der Waals surface area contributed by atoms with Crippen molar-refractivity contribution >= 4 is 0 Å². The highest BCUT2D eigenvalue weighted by Gasteiger charge is 2.30. The van der Waals surface area contributed by atoms with E-state index in [2.05, 4.69) is 10.4 Å².